The van der Waals surface area contributed by atoms with E-state index >= 15 is 0 Å². The summed E-state index contributed by atoms with van der Waals surface area (Å²) in [6.07, 6.45) is 0. The lowest BCUT2D eigenvalue weighted by Gasteiger charge is -2.18. The van der Waals surface area contributed by atoms with Crippen molar-refractivity contribution in [2.75, 3.05) is 5.32 Å². The van der Waals surface area contributed by atoms with Gasteiger partial charge in [-0.15, -0.1) is 11.3 Å². The van der Waals surface area contributed by atoms with Gasteiger partial charge in [-0.3, -0.25) is 0 Å². The van der Waals surface area contributed by atoms with E-state index in [1.165, 1.54) is 21.7 Å². The molecule has 21 heavy (non-hydrogen) atoms. The van der Waals surface area contributed by atoms with Crippen molar-refractivity contribution in [3.8, 4) is 10.4 Å². The second kappa shape index (κ2) is 6.46. The number of anilines is 1. The third kappa shape index (κ3) is 3.36. The molecule has 0 radical (unpaired) electrons. The highest BCUT2D eigenvalue weighted by Crippen LogP contribution is 2.33. The highest BCUT2D eigenvalue weighted by Gasteiger charge is 2.10. The zero-order chi connectivity index (χ0) is 14.7. The van der Waals surface area contributed by atoms with Crippen molar-refractivity contribution in [2.24, 2.45) is 0 Å². The highest BCUT2D eigenvalue weighted by atomic mass is 79.9. The normalized spacial score (nSPS) is 12.1. The standard InChI is InChI=1S/C18H16BrNS/c1-13(14-6-4-7-15(19)12-14)20-17-9-3-2-8-16(17)18-10-5-11-21-18/h2-13,20H,1H3. The minimum atomic E-state index is 0.253. The summed E-state index contributed by atoms with van der Waals surface area (Å²) in [6.45, 7) is 2.19. The molecule has 0 aliphatic carbocycles. The van der Waals surface area contributed by atoms with Crippen LogP contribution in [0.1, 0.15) is 18.5 Å². The molecule has 106 valence electrons. The van der Waals surface area contributed by atoms with Gasteiger partial charge in [0.15, 0.2) is 0 Å². The summed E-state index contributed by atoms with van der Waals surface area (Å²) in [7, 11) is 0. The van der Waals surface area contributed by atoms with Crippen LogP contribution in [-0.4, -0.2) is 0 Å². The second-order valence-electron chi connectivity index (χ2n) is 4.94. The maximum absolute atomic E-state index is 3.63. The van der Waals surface area contributed by atoms with E-state index in [1.54, 1.807) is 11.3 Å². The molecule has 0 saturated carbocycles. The number of hydrogen-bond donors (Lipinski definition) is 1. The Labute approximate surface area is 137 Å². The zero-order valence-corrected chi connectivity index (χ0v) is 14.1. The molecule has 0 saturated heterocycles. The Bertz CT molecular complexity index is 722. The van der Waals surface area contributed by atoms with Gasteiger partial charge >= 0.3 is 0 Å². The first-order valence-electron chi connectivity index (χ1n) is 6.89. The molecule has 1 heterocycles. The van der Waals surface area contributed by atoms with Crippen LogP contribution >= 0.6 is 27.3 Å². The molecule has 1 N–H and O–H groups in total. The molecule has 0 amide bonds. The van der Waals surface area contributed by atoms with E-state index in [-0.39, 0.29) is 6.04 Å². The number of para-hydroxylation sites is 1. The predicted molar refractivity (Wildman–Crippen MR) is 95.9 cm³/mol. The van der Waals surface area contributed by atoms with Crippen molar-refractivity contribution >= 4 is 33.0 Å². The predicted octanol–water partition coefficient (Wildman–Crippen LogP) is 6.35. The Balaban J connectivity index is 1.88. The molecule has 0 aliphatic heterocycles. The second-order valence-corrected chi connectivity index (χ2v) is 6.81. The molecule has 0 bridgehead atoms. The first-order chi connectivity index (χ1) is 10.2. The largest absolute Gasteiger partial charge is 0.378 e. The molecule has 1 atom stereocenters. The molecule has 3 aromatic rings. The lowest BCUT2D eigenvalue weighted by Crippen LogP contribution is -2.07. The molecular formula is C18H16BrNS. The fraction of sp³-hybridized carbons (Fsp3) is 0.111. The Morgan fingerprint density at radius 1 is 1.00 bits per heavy atom. The summed E-state index contributed by atoms with van der Waals surface area (Å²) >= 11 is 5.30. The van der Waals surface area contributed by atoms with Gasteiger partial charge in [-0.2, -0.15) is 0 Å². The van der Waals surface area contributed by atoms with Crippen LogP contribution in [0.3, 0.4) is 0 Å². The van der Waals surface area contributed by atoms with Gasteiger partial charge in [-0.1, -0.05) is 52.3 Å². The van der Waals surface area contributed by atoms with Crippen molar-refractivity contribution in [2.45, 2.75) is 13.0 Å². The van der Waals surface area contributed by atoms with Crippen LogP contribution in [0, 0.1) is 0 Å². The van der Waals surface area contributed by atoms with Gasteiger partial charge in [0, 0.05) is 26.6 Å². The topological polar surface area (TPSA) is 12.0 Å². The molecule has 3 rings (SSSR count). The van der Waals surface area contributed by atoms with Crippen LogP contribution in [-0.2, 0) is 0 Å². The number of rotatable bonds is 4. The number of nitrogens with one attached hydrogen (secondary N) is 1. The number of halogens is 1. The first-order valence-corrected chi connectivity index (χ1v) is 8.56. The average Bonchev–Trinajstić information content (AvgIpc) is 3.02. The average molecular weight is 358 g/mol. The van der Waals surface area contributed by atoms with Crippen LogP contribution in [0.2, 0.25) is 0 Å². The van der Waals surface area contributed by atoms with Crippen molar-refractivity contribution in [1.29, 1.82) is 0 Å². The fourth-order valence-corrected chi connectivity index (χ4v) is 3.53. The van der Waals surface area contributed by atoms with E-state index in [4.69, 9.17) is 0 Å². The van der Waals surface area contributed by atoms with Crippen molar-refractivity contribution in [1.82, 2.24) is 0 Å². The van der Waals surface area contributed by atoms with Gasteiger partial charge in [-0.25, -0.2) is 0 Å². The van der Waals surface area contributed by atoms with E-state index in [1.807, 2.05) is 0 Å². The number of hydrogen-bond acceptors (Lipinski definition) is 2. The summed E-state index contributed by atoms with van der Waals surface area (Å²) in [6, 6.07) is 21.4. The SMILES string of the molecule is CC(Nc1ccccc1-c1cccs1)c1cccc(Br)c1. The first kappa shape index (κ1) is 14.4. The van der Waals surface area contributed by atoms with Gasteiger partial charge in [0.1, 0.15) is 0 Å². The molecule has 2 aromatic carbocycles. The van der Waals surface area contributed by atoms with E-state index in [0.29, 0.717) is 0 Å². The third-order valence-electron chi connectivity index (χ3n) is 3.43. The lowest BCUT2D eigenvalue weighted by atomic mass is 10.1. The Kier molecular flexibility index (Phi) is 4.42. The van der Waals surface area contributed by atoms with Crippen LogP contribution in [0.25, 0.3) is 10.4 Å². The summed E-state index contributed by atoms with van der Waals surface area (Å²) < 4.78 is 1.11. The highest BCUT2D eigenvalue weighted by molar-refractivity contribution is 9.10. The number of thiophene rings is 1. The minimum Gasteiger partial charge on any atom is -0.378 e. The monoisotopic (exact) mass is 357 g/mol. The smallest absolute Gasteiger partial charge is 0.0486 e. The molecule has 3 heteroatoms. The zero-order valence-electron chi connectivity index (χ0n) is 11.7. The summed E-state index contributed by atoms with van der Waals surface area (Å²) in [5.41, 5.74) is 3.70. The molecule has 1 unspecified atom stereocenters. The van der Waals surface area contributed by atoms with Gasteiger partial charge in [0.25, 0.3) is 0 Å². The third-order valence-corrected chi connectivity index (χ3v) is 4.83. The number of benzene rings is 2. The molecule has 0 aliphatic rings. The van der Waals surface area contributed by atoms with Crippen molar-refractivity contribution in [3.05, 3.63) is 76.1 Å². The van der Waals surface area contributed by atoms with Gasteiger partial charge < -0.3 is 5.32 Å². The quantitative estimate of drug-likeness (QED) is 0.573. The van der Waals surface area contributed by atoms with Gasteiger partial charge in [0.05, 0.1) is 0 Å². The van der Waals surface area contributed by atoms with Crippen molar-refractivity contribution in [3.63, 3.8) is 0 Å². The fourth-order valence-electron chi connectivity index (χ4n) is 2.35. The van der Waals surface area contributed by atoms with Gasteiger partial charge in [0.2, 0.25) is 0 Å². The van der Waals surface area contributed by atoms with Crippen LogP contribution < -0.4 is 5.32 Å². The molecule has 1 nitrogen and oxygen atoms in total. The van der Waals surface area contributed by atoms with Crippen molar-refractivity contribution < 1.29 is 0 Å². The van der Waals surface area contributed by atoms with Crippen LogP contribution in [0.5, 0.6) is 0 Å². The van der Waals surface area contributed by atoms with E-state index in [2.05, 4.69) is 94.2 Å². The molecule has 0 fully saturated rings. The van der Waals surface area contributed by atoms with E-state index < -0.39 is 0 Å². The Morgan fingerprint density at radius 2 is 1.86 bits per heavy atom. The van der Waals surface area contributed by atoms with Crippen LogP contribution in [0.15, 0.2) is 70.5 Å². The van der Waals surface area contributed by atoms with Gasteiger partial charge in [-0.05, 0) is 42.1 Å². The molecular weight excluding hydrogens is 342 g/mol. The summed E-state index contributed by atoms with van der Waals surface area (Å²) in [5.74, 6) is 0. The van der Waals surface area contributed by atoms with Crippen LogP contribution in [0.4, 0.5) is 5.69 Å². The lowest BCUT2D eigenvalue weighted by molar-refractivity contribution is 0.884. The molecule has 0 spiro atoms. The maximum atomic E-state index is 3.63. The minimum absolute atomic E-state index is 0.253. The molecule has 1 aromatic heterocycles. The Hall–Kier alpha value is -1.58. The van der Waals surface area contributed by atoms with E-state index in [9.17, 15) is 0 Å². The maximum Gasteiger partial charge on any atom is 0.0486 e. The summed E-state index contributed by atoms with van der Waals surface area (Å²) in [4.78, 5) is 1.29. The van der Waals surface area contributed by atoms with E-state index in [0.717, 1.165) is 4.47 Å². The Morgan fingerprint density at radius 3 is 2.62 bits per heavy atom. The summed E-state index contributed by atoms with van der Waals surface area (Å²) in [5, 5.41) is 5.74.